The second-order valence-electron chi connectivity index (χ2n) is 9.29. The van der Waals surface area contributed by atoms with Crippen molar-refractivity contribution in [3.63, 3.8) is 0 Å². The fourth-order valence-corrected chi connectivity index (χ4v) is 6.55. The first-order valence-corrected chi connectivity index (χ1v) is 9.60. The number of tetrazole rings is 1. The van der Waals surface area contributed by atoms with Crippen molar-refractivity contribution in [3.8, 4) is 0 Å². The Kier molecular flexibility index (Phi) is 3.11. The molecule has 1 aromatic rings. The van der Waals surface area contributed by atoms with E-state index < -0.39 is 0 Å². The minimum Gasteiger partial charge on any atom is -0.342 e. The van der Waals surface area contributed by atoms with Gasteiger partial charge in [-0.2, -0.15) is 5.21 Å². The van der Waals surface area contributed by atoms with E-state index in [-0.39, 0.29) is 10.8 Å². The van der Waals surface area contributed by atoms with Crippen molar-refractivity contribution in [1.29, 1.82) is 0 Å². The Balaban J connectivity index is 1.31. The van der Waals surface area contributed by atoms with E-state index in [4.69, 9.17) is 0 Å². The molecule has 0 aromatic carbocycles. The van der Waals surface area contributed by atoms with Crippen molar-refractivity contribution in [2.75, 3.05) is 13.1 Å². The van der Waals surface area contributed by atoms with Crippen molar-refractivity contribution in [3.05, 3.63) is 5.82 Å². The van der Waals surface area contributed by atoms with Gasteiger partial charge in [0.15, 0.2) is 5.82 Å². The lowest BCUT2D eigenvalue weighted by Gasteiger charge is -2.57. The summed E-state index contributed by atoms with van der Waals surface area (Å²) in [5.41, 5.74) is -0.0557. The minimum absolute atomic E-state index is 0.00533. The second-order valence-corrected chi connectivity index (χ2v) is 9.29. The zero-order valence-electron chi connectivity index (χ0n) is 14.5. The van der Waals surface area contributed by atoms with Crippen LogP contribution in [0.5, 0.6) is 0 Å². The summed E-state index contributed by atoms with van der Waals surface area (Å²) in [6.45, 7) is 3.88. The fraction of sp³-hybridized carbons (Fsp3) is 0.889. The lowest BCUT2D eigenvalue weighted by atomic mass is 9.49. The number of piperidine rings is 1. The van der Waals surface area contributed by atoms with Crippen LogP contribution in [0.2, 0.25) is 0 Å². The summed E-state index contributed by atoms with van der Waals surface area (Å²) in [6.07, 6.45) is 9.53. The van der Waals surface area contributed by atoms with Gasteiger partial charge in [-0.1, -0.05) is 12.1 Å². The molecule has 0 atom stereocenters. The van der Waals surface area contributed by atoms with E-state index in [1.54, 1.807) is 0 Å². The fourth-order valence-electron chi connectivity index (χ4n) is 6.55. The Morgan fingerprint density at radius 2 is 1.67 bits per heavy atom. The van der Waals surface area contributed by atoms with Crippen molar-refractivity contribution < 1.29 is 4.79 Å². The molecule has 0 radical (unpaired) electrons. The first-order valence-electron chi connectivity index (χ1n) is 9.60. The van der Waals surface area contributed by atoms with E-state index >= 15 is 0 Å². The molecule has 5 fully saturated rings. The van der Waals surface area contributed by atoms with Crippen LogP contribution >= 0.6 is 0 Å². The smallest absolute Gasteiger partial charge is 0.228 e. The quantitative estimate of drug-likeness (QED) is 0.903. The standard InChI is InChI=1S/C18H27N5O/c1-17(15-19-21-22-20-15)2-4-23(5-3-17)16(24)18-9-12-6-13(10-18)8-14(7-12)11-18/h12-14H,2-11H2,1H3,(H,19,20,21,22). The van der Waals surface area contributed by atoms with E-state index in [0.29, 0.717) is 5.91 Å². The van der Waals surface area contributed by atoms with Crippen LogP contribution in [0, 0.1) is 23.2 Å². The van der Waals surface area contributed by atoms with Gasteiger partial charge in [0, 0.05) is 18.5 Å². The third kappa shape index (κ3) is 2.14. The Bertz CT molecular complexity index is 597. The molecule has 4 saturated carbocycles. The van der Waals surface area contributed by atoms with Gasteiger partial charge in [0.1, 0.15) is 0 Å². The number of aromatic amines is 1. The summed E-state index contributed by atoms with van der Waals surface area (Å²) in [5, 5.41) is 14.6. The zero-order valence-corrected chi connectivity index (χ0v) is 14.5. The Hall–Kier alpha value is -1.46. The number of nitrogens with zero attached hydrogens (tertiary/aromatic N) is 4. The van der Waals surface area contributed by atoms with Crippen molar-refractivity contribution in [2.24, 2.45) is 23.2 Å². The molecule has 1 aromatic heterocycles. The number of nitrogens with one attached hydrogen (secondary N) is 1. The molecule has 6 heteroatoms. The molecule has 5 aliphatic rings. The highest BCUT2D eigenvalue weighted by molar-refractivity contribution is 5.83. The summed E-state index contributed by atoms with van der Waals surface area (Å²) in [4.78, 5) is 15.6. The van der Waals surface area contributed by atoms with E-state index in [1.165, 1.54) is 19.3 Å². The average Bonchev–Trinajstić information content (AvgIpc) is 3.09. The molecule has 130 valence electrons. The number of likely N-dealkylation sites (tertiary alicyclic amines) is 1. The number of amides is 1. The molecule has 4 aliphatic carbocycles. The van der Waals surface area contributed by atoms with Gasteiger partial charge in [-0.05, 0) is 69.1 Å². The molecular weight excluding hydrogens is 302 g/mol. The predicted molar refractivity (Wildman–Crippen MR) is 87.9 cm³/mol. The molecule has 1 amide bonds. The van der Waals surface area contributed by atoms with E-state index in [9.17, 15) is 4.79 Å². The van der Waals surface area contributed by atoms with Crippen LogP contribution in [0.4, 0.5) is 0 Å². The molecule has 2 heterocycles. The number of H-pyrrole nitrogens is 1. The maximum absolute atomic E-state index is 13.4. The number of carbonyl (C=O) groups is 1. The number of hydrogen-bond acceptors (Lipinski definition) is 4. The van der Waals surface area contributed by atoms with Crippen molar-refractivity contribution in [1.82, 2.24) is 25.5 Å². The molecule has 0 spiro atoms. The van der Waals surface area contributed by atoms with Gasteiger partial charge in [-0.3, -0.25) is 4.79 Å². The van der Waals surface area contributed by atoms with Crippen LogP contribution in [-0.4, -0.2) is 44.5 Å². The maximum Gasteiger partial charge on any atom is 0.228 e. The van der Waals surface area contributed by atoms with Gasteiger partial charge >= 0.3 is 0 Å². The highest BCUT2D eigenvalue weighted by Crippen LogP contribution is 2.60. The van der Waals surface area contributed by atoms with E-state index in [0.717, 1.165) is 68.8 Å². The van der Waals surface area contributed by atoms with Gasteiger partial charge in [-0.15, -0.1) is 10.2 Å². The molecule has 1 saturated heterocycles. The number of aromatic nitrogens is 4. The predicted octanol–water partition coefficient (Wildman–Crippen LogP) is 2.30. The third-order valence-corrected chi connectivity index (χ3v) is 7.53. The molecule has 6 nitrogen and oxygen atoms in total. The Labute approximate surface area is 142 Å². The number of carbonyl (C=O) groups excluding carboxylic acids is 1. The lowest BCUT2D eigenvalue weighted by molar-refractivity contribution is -0.159. The Morgan fingerprint density at radius 1 is 1.08 bits per heavy atom. The van der Waals surface area contributed by atoms with Crippen LogP contribution in [-0.2, 0) is 10.2 Å². The van der Waals surface area contributed by atoms with Crippen LogP contribution < -0.4 is 0 Å². The van der Waals surface area contributed by atoms with Gasteiger partial charge < -0.3 is 4.90 Å². The van der Waals surface area contributed by atoms with Crippen molar-refractivity contribution >= 4 is 5.91 Å². The average molecular weight is 329 g/mol. The SMILES string of the molecule is CC1(c2nn[nH]n2)CCN(C(=O)C23CC4CC(CC(C4)C2)C3)CC1. The summed E-state index contributed by atoms with van der Waals surface area (Å²) in [7, 11) is 0. The van der Waals surface area contributed by atoms with Crippen molar-refractivity contribution in [2.45, 2.75) is 63.7 Å². The van der Waals surface area contributed by atoms with E-state index in [1.807, 2.05) is 0 Å². The molecule has 4 bridgehead atoms. The van der Waals surface area contributed by atoms with Crippen LogP contribution in [0.25, 0.3) is 0 Å². The summed E-state index contributed by atoms with van der Waals surface area (Å²) < 4.78 is 0. The highest BCUT2D eigenvalue weighted by atomic mass is 16.2. The zero-order chi connectivity index (χ0) is 16.4. The first-order chi connectivity index (χ1) is 11.6. The Morgan fingerprint density at radius 3 is 2.17 bits per heavy atom. The van der Waals surface area contributed by atoms with Gasteiger partial charge in [0.2, 0.25) is 5.91 Å². The topological polar surface area (TPSA) is 74.8 Å². The van der Waals surface area contributed by atoms with Gasteiger partial charge in [-0.25, -0.2) is 0 Å². The van der Waals surface area contributed by atoms with Gasteiger partial charge in [0.05, 0.1) is 5.41 Å². The number of rotatable bonds is 2. The van der Waals surface area contributed by atoms with Gasteiger partial charge in [0.25, 0.3) is 0 Å². The normalized spacial score (nSPS) is 40.0. The molecule has 0 unspecified atom stereocenters. The summed E-state index contributed by atoms with van der Waals surface area (Å²) in [5.74, 6) is 3.75. The molecule has 1 N–H and O–H groups in total. The summed E-state index contributed by atoms with van der Waals surface area (Å²) in [6, 6.07) is 0. The van der Waals surface area contributed by atoms with E-state index in [2.05, 4.69) is 32.4 Å². The largest absolute Gasteiger partial charge is 0.342 e. The molecule has 6 rings (SSSR count). The highest BCUT2D eigenvalue weighted by Gasteiger charge is 2.56. The first kappa shape index (κ1) is 14.8. The van der Waals surface area contributed by atoms with Crippen LogP contribution in [0.1, 0.15) is 64.1 Å². The summed E-state index contributed by atoms with van der Waals surface area (Å²) >= 11 is 0. The molecule has 24 heavy (non-hydrogen) atoms. The lowest BCUT2D eigenvalue weighted by Crippen LogP contribution is -2.56. The molecular formula is C18H27N5O. The third-order valence-electron chi connectivity index (χ3n) is 7.53. The maximum atomic E-state index is 13.4. The second kappa shape index (κ2) is 5.02. The van der Waals surface area contributed by atoms with Crippen LogP contribution in [0.3, 0.4) is 0 Å². The molecule has 1 aliphatic heterocycles. The minimum atomic E-state index is -0.0503. The van der Waals surface area contributed by atoms with Crippen LogP contribution in [0.15, 0.2) is 0 Å². The monoisotopic (exact) mass is 329 g/mol. The number of hydrogen-bond donors (Lipinski definition) is 1.